The van der Waals surface area contributed by atoms with Crippen LogP contribution in [0, 0.1) is 0 Å². The Balaban J connectivity index is 2.20. The topological polar surface area (TPSA) is 0 Å². The van der Waals surface area contributed by atoms with Gasteiger partial charge in [0.1, 0.15) is 0 Å². The van der Waals surface area contributed by atoms with Crippen molar-refractivity contribution >= 4 is 0 Å². The average molecular weight is 222 g/mol. The molecule has 1 atom stereocenters. The van der Waals surface area contributed by atoms with Crippen molar-refractivity contribution in [2.75, 3.05) is 0 Å². The lowest BCUT2D eigenvalue weighted by Crippen LogP contribution is -1.93. The first-order chi connectivity index (χ1) is 8.18. The zero-order valence-electron chi connectivity index (χ0n) is 10.7. The van der Waals surface area contributed by atoms with Crippen LogP contribution in [0.25, 0.3) is 11.1 Å². The molecule has 17 heavy (non-hydrogen) atoms. The third-order valence-electron chi connectivity index (χ3n) is 3.93. The van der Waals surface area contributed by atoms with E-state index in [9.17, 15) is 0 Å². The molecule has 0 saturated heterocycles. The minimum atomic E-state index is 0.542. The second kappa shape index (κ2) is 3.73. The summed E-state index contributed by atoms with van der Waals surface area (Å²) in [5.41, 5.74) is 7.27. The van der Waals surface area contributed by atoms with Gasteiger partial charge in [0.25, 0.3) is 0 Å². The average Bonchev–Trinajstić information content (AvgIpc) is 2.64. The molecule has 0 saturated carbocycles. The maximum Gasteiger partial charge on any atom is 0.00734 e. The van der Waals surface area contributed by atoms with Gasteiger partial charge in [0.05, 0.1) is 0 Å². The smallest absolute Gasteiger partial charge is 0.00734 e. The Morgan fingerprint density at radius 2 is 1.59 bits per heavy atom. The molecule has 0 fully saturated rings. The minimum absolute atomic E-state index is 0.542. The van der Waals surface area contributed by atoms with Crippen LogP contribution in [0.3, 0.4) is 0 Å². The highest BCUT2D eigenvalue weighted by molar-refractivity contribution is 5.78. The molecule has 0 heterocycles. The minimum Gasteiger partial charge on any atom is -0.0619 e. The van der Waals surface area contributed by atoms with Crippen molar-refractivity contribution in [2.24, 2.45) is 0 Å². The van der Waals surface area contributed by atoms with Gasteiger partial charge in [-0.3, -0.25) is 0 Å². The molecule has 1 aliphatic carbocycles. The van der Waals surface area contributed by atoms with E-state index in [1.807, 2.05) is 0 Å². The molecule has 0 spiro atoms. The Hall–Kier alpha value is -1.56. The van der Waals surface area contributed by atoms with E-state index in [1.165, 1.54) is 27.8 Å². The maximum absolute atomic E-state index is 2.39. The highest BCUT2D eigenvalue weighted by Gasteiger charge is 2.24. The molecule has 0 aliphatic heterocycles. The van der Waals surface area contributed by atoms with E-state index in [1.54, 1.807) is 0 Å². The molecular formula is C17H18. The van der Waals surface area contributed by atoms with Crippen LogP contribution >= 0.6 is 0 Å². The first kappa shape index (κ1) is 10.6. The Kier molecular flexibility index (Phi) is 2.32. The highest BCUT2D eigenvalue weighted by atomic mass is 14.3. The molecular weight excluding hydrogens is 204 g/mol. The van der Waals surface area contributed by atoms with Crippen LogP contribution in [0.2, 0.25) is 0 Å². The number of rotatable bonds is 1. The highest BCUT2D eigenvalue weighted by Crippen LogP contribution is 2.45. The largest absolute Gasteiger partial charge is 0.0619 e. The van der Waals surface area contributed by atoms with E-state index in [0.717, 1.165) is 0 Å². The zero-order valence-corrected chi connectivity index (χ0v) is 10.7. The summed E-state index contributed by atoms with van der Waals surface area (Å²) in [4.78, 5) is 0. The van der Waals surface area contributed by atoms with Crippen molar-refractivity contribution in [3.63, 3.8) is 0 Å². The molecule has 0 aromatic heterocycles. The van der Waals surface area contributed by atoms with Crippen molar-refractivity contribution in [3.05, 3.63) is 59.2 Å². The van der Waals surface area contributed by atoms with Gasteiger partial charge >= 0.3 is 0 Å². The summed E-state index contributed by atoms with van der Waals surface area (Å²) in [7, 11) is 0. The van der Waals surface area contributed by atoms with Crippen LogP contribution in [0.5, 0.6) is 0 Å². The molecule has 0 radical (unpaired) electrons. The van der Waals surface area contributed by atoms with Gasteiger partial charge in [-0.1, -0.05) is 63.2 Å². The standard InChI is InChI=1S/C17H18/c1-11(2)13-8-9-16-15-7-5-4-6-14(15)12(3)17(16)10-13/h4-12H,1-3H3. The van der Waals surface area contributed by atoms with Crippen LogP contribution in [-0.2, 0) is 0 Å². The van der Waals surface area contributed by atoms with Gasteiger partial charge in [-0.25, -0.2) is 0 Å². The fraction of sp³-hybridized carbons (Fsp3) is 0.294. The summed E-state index contributed by atoms with van der Waals surface area (Å²) < 4.78 is 0. The summed E-state index contributed by atoms with van der Waals surface area (Å²) in [6.07, 6.45) is 0. The summed E-state index contributed by atoms with van der Waals surface area (Å²) in [6, 6.07) is 15.7. The van der Waals surface area contributed by atoms with Gasteiger partial charge < -0.3 is 0 Å². The normalized spacial score (nSPS) is 17.1. The quantitative estimate of drug-likeness (QED) is 0.641. The van der Waals surface area contributed by atoms with E-state index in [4.69, 9.17) is 0 Å². The van der Waals surface area contributed by atoms with Crippen molar-refractivity contribution in [2.45, 2.75) is 32.6 Å². The van der Waals surface area contributed by atoms with E-state index < -0.39 is 0 Å². The summed E-state index contributed by atoms with van der Waals surface area (Å²) >= 11 is 0. The van der Waals surface area contributed by atoms with Crippen molar-refractivity contribution in [1.82, 2.24) is 0 Å². The SMILES string of the molecule is CC(C)c1ccc2c(c1)C(C)c1ccccc1-2. The Morgan fingerprint density at radius 1 is 0.882 bits per heavy atom. The summed E-state index contributed by atoms with van der Waals surface area (Å²) in [6.45, 7) is 6.83. The number of hydrogen-bond donors (Lipinski definition) is 0. The van der Waals surface area contributed by atoms with Gasteiger partial charge in [-0.15, -0.1) is 0 Å². The lowest BCUT2D eigenvalue weighted by molar-refractivity contribution is 0.857. The molecule has 2 aromatic carbocycles. The van der Waals surface area contributed by atoms with Crippen LogP contribution in [0.1, 0.15) is 49.3 Å². The second-order valence-corrected chi connectivity index (χ2v) is 5.31. The summed E-state index contributed by atoms with van der Waals surface area (Å²) in [5.74, 6) is 1.15. The molecule has 0 heteroatoms. The number of fused-ring (bicyclic) bond motifs is 3. The lowest BCUT2D eigenvalue weighted by Gasteiger charge is -2.10. The fourth-order valence-corrected chi connectivity index (χ4v) is 2.83. The third kappa shape index (κ3) is 1.51. The van der Waals surface area contributed by atoms with Gasteiger partial charge in [-0.05, 0) is 33.7 Å². The van der Waals surface area contributed by atoms with Crippen molar-refractivity contribution in [3.8, 4) is 11.1 Å². The molecule has 0 N–H and O–H groups in total. The Bertz CT molecular complexity index is 564. The van der Waals surface area contributed by atoms with Gasteiger partial charge in [-0.2, -0.15) is 0 Å². The second-order valence-electron chi connectivity index (χ2n) is 5.31. The van der Waals surface area contributed by atoms with Crippen LogP contribution in [0.4, 0.5) is 0 Å². The van der Waals surface area contributed by atoms with E-state index >= 15 is 0 Å². The van der Waals surface area contributed by atoms with E-state index in [0.29, 0.717) is 11.8 Å². The number of benzene rings is 2. The molecule has 1 unspecified atom stereocenters. The van der Waals surface area contributed by atoms with E-state index in [-0.39, 0.29) is 0 Å². The third-order valence-corrected chi connectivity index (χ3v) is 3.93. The fourth-order valence-electron chi connectivity index (χ4n) is 2.83. The predicted molar refractivity (Wildman–Crippen MR) is 73.5 cm³/mol. The molecule has 3 rings (SSSR count). The molecule has 0 nitrogen and oxygen atoms in total. The van der Waals surface area contributed by atoms with Gasteiger partial charge in [0, 0.05) is 5.92 Å². The maximum atomic E-state index is 2.39. The van der Waals surface area contributed by atoms with Crippen LogP contribution in [-0.4, -0.2) is 0 Å². The van der Waals surface area contributed by atoms with E-state index in [2.05, 4.69) is 63.2 Å². The lowest BCUT2D eigenvalue weighted by atomic mass is 9.94. The Labute approximate surface area is 103 Å². The monoisotopic (exact) mass is 222 g/mol. The van der Waals surface area contributed by atoms with Crippen LogP contribution < -0.4 is 0 Å². The molecule has 0 amide bonds. The van der Waals surface area contributed by atoms with Crippen molar-refractivity contribution < 1.29 is 0 Å². The van der Waals surface area contributed by atoms with Crippen molar-refractivity contribution in [1.29, 1.82) is 0 Å². The zero-order chi connectivity index (χ0) is 12.0. The predicted octanol–water partition coefficient (Wildman–Crippen LogP) is 4.94. The summed E-state index contributed by atoms with van der Waals surface area (Å²) in [5, 5.41) is 0. The first-order valence-electron chi connectivity index (χ1n) is 6.41. The molecule has 2 aromatic rings. The molecule has 0 bridgehead atoms. The van der Waals surface area contributed by atoms with Gasteiger partial charge in [0.2, 0.25) is 0 Å². The molecule has 86 valence electrons. The number of hydrogen-bond acceptors (Lipinski definition) is 0. The first-order valence-corrected chi connectivity index (χ1v) is 6.41. The molecule has 1 aliphatic rings. The van der Waals surface area contributed by atoms with Gasteiger partial charge in [0.15, 0.2) is 0 Å². The Morgan fingerprint density at radius 3 is 2.35 bits per heavy atom. The van der Waals surface area contributed by atoms with Crippen LogP contribution in [0.15, 0.2) is 42.5 Å².